The Bertz CT molecular complexity index is 1790. The molecule has 3 aromatic heterocycles. The van der Waals surface area contributed by atoms with Gasteiger partial charge in [0, 0.05) is 29.3 Å². The van der Waals surface area contributed by atoms with E-state index in [2.05, 4.69) is 24.8 Å². The van der Waals surface area contributed by atoms with E-state index in [0.717, 1.165) is 17.0 Å². The lowest BCUT2D eigenvalue weighted by Gasteiger charge is -2.15. The third kappa shape index (κ3) is 5.24. The van der Waals surface area contributed by atoms with Crippen molar-refractivity contribution in [3.63, 3.8) is 0 Å². The van der Waals surface area contributed by atoms with Crippen molar-refractivity contribution in [2.24, 2.45) is 0 Å². The van der Waals surface area contributed by atoms with Crippen molar-refractivity contribution in [2.75, 3.05) is 13.2 Å². The molecular formula is C25H19N4O9P. The Morgan fingerprint density at radius 3 is 2.54 bits per heavy atom. The maximum absolute atomic E-state index is 13.0. The molecule has 1 aliphatic carbocycles. The SMILES string of the molecule is CC(=O)NC1=CC(=O)c2ccc(-c3nc(C(=O)OCCOP(=O)(O)O)cc4c3[nH]c3ccccc34)nc2C1=O. The molecule has 3 heterocycles. The summed E-state index contributed by atoms with van der Waals surface area (Å²) >= 11 is 0. The summed E-state index contributed by atoms with van der Waals surface area (Å²) in [5.41, 5.74) is 1.09. The number of pyridine rings is 2. The quantitative estimate of drug-likeness (QED) is 0.150. The molecule has 39 heavy (non-hydrogen) atoms. The van der Waals surface area contributed by atoms with Crippen LogP contribution in [0.15, 0.2) is 54.2 Å². The molecule has 5 rings (SSSR count). The first-order chi connectivity index (χ1) is 18.5. The number of para-hydroxylation sites is 1. The van der Waals surface area contributed by atoms with E-state index in [1.54, 1.807) is 0 Å². The fraction of sp³-hybridized carbons (Fsp3) is 0.120. The van der Waals surface area contributed by atoms with E-state index >= 15 is 0 Å². The number of esters is 1. The second-order valence-corrected chi connectivity index (χ2v) is 9.67. The minimum Gasteiger partial charge on any atom is -0.458 e. The van der Waals surface area contributed by atoms with Gasteiger partial charge in [-0.3, -0.25) is 18.9 Å². The molecule has 0 aliphatic heterocycles. The first-order valence-electron chi connectivity index (χ1n) is 11.4. The summed E-state index contributed by atoms with van der Waals surface area (Å²) in [6.45, 7) is 0.223. The summed E-state index contributed by atoms with van der Waals surface area (Å²) in [6.07, 6.45) is 1.04. The highest BCUT2D eigenvalue weighted by Crippen LogP contribution is 2.35. The zero-order valence-electron chi connectivity index (χ0n) is 20.1. The van der Waals surface area contributed by atoms with Crippen LogP contribution >= 0.6 is 7.82 Å². The van der Waals surface area contributed by atoms with E-state index < -0.39 is 44.5 Å². The zero-order valence-corrected chi connectivity index (χ0v) is 21.0. The number of hydrogen-bond acceptors (Lipinski definition) is 9. The van der Waals surface area contributed by atoms with E-state index in [-0.39, 0.29) is 34.0 Å². The Hall–Kier alpha value is -4.55. The Morgan fingerprint density at radius 1 is 1.03 bits per heavy atom. The Kier molecular flexibility index (Phi) is 6.66. The molecule has 0 bridgehead atoms. The number of hydrogen-bond donors (Lipinski definition) is 4. The third-order valence-corrected chi connectivity index (χ3v) is 6.25. The second kappa shape index (κ2) is 9.97. The normalized spacial score (nSPS) is 13.4. The van der Waals surface area contributed by atoms with Gasteiger partial charge < -0.3 is 24.8 Å². The summed E-state index contributed by atoms with van der Waals surface area (Å²) in [6, 6.07) is 11.7. The number of aromatic nitrogens is 3. The number of nitrogens with zero attached hydrogens (tertiary/aromatic N) is 2. The number of nitrogens with one attached hydrogen (secondary N) is 2. The smallest absolute Gasteiger partial charge is 0.458 e. The number of rotatable bonds is 7. The molecule has 0 radical (unpaired) electrons. The van der Waals surface area contributed by atoms with Gasteiger partial charge in [0.1, 0.15) is 23.7 Å². The highest BCUT2D eigenvalue weighted by molar-refractivity contribution is 7.46. The average molecular weight is 550 g/mol. The fourth-order valence-corrected chi connectivity index (χ4v) is 4.46. The number of aromatic amines is 1. The van der Waals surface area contributed by atoms with Crippen LogP contribution in [0.4, 0.5) is 0 Å². The van der Waals surface area contributed by atoms with Crippen molar-refractivity contribution in [1.82, 2.24) is 20.3 Å². The predicted molar refractivity (Wildman–Crippen MR) is 136 cm³/mol. The van der Waals surface area contributed by atoms with Gasteiger partial charge in [-0.05, 0) is 24.3 Å². The summed E-state index contributed by atoms with van der Waals surface area (Å²) < 4.78 is 20.2. The molecule has 0 saturated carbocycles. The summed E-state index contributed by atoms with van der Waals surface area (Å²) in [5, 5.41) is 3.69. The number of allylic oxidation sites excluding steroid dienone is 2. The van der Waals surface area contributed by atoms with Crippen LogP contribution in [0.1, 0.15) is 38.3 Å². The first-order valence-corrected chi connectivity index (χ1v) is 12.9. The molecule has 14 heteroatoms. The number of benzene rings is 1. The molecule has 0 atom stereocenters. The predicted octanol–water partition coefficient (Wildman–Crippen LogP) is 2.44. The highest BCUT2D eigenvalue weighted by Gasteiger charge is 2.29. The van der Waals surface area contributed by atoms with Gasteiger partial charge in [0.15, 0.2) is 5.78 Å². The topological polar surface area (TPSA) is 198 Å². The van der Waals surface area contributed by atoms with Gasteiger partial charge in [-0.2, -0.15) is 0 Å². The summed E-state index contributed by atoms with van der Waals surface area (Å²) in [5.74, 6) is -2.58. The van der Waals surface area contributed by atoms with Crippen LogP contribution in [0.5, 0.6) is 0 Å². The largest absolute Gasteiger partial charge is 0.469 e. The van der Waals surface area contributed by atoms with E-state index in [1.807, 2.05) is 24.3 Å². The van der Waals surface area contributed by atoms with Crippen LogP contribution in [-0.2, 0) is 18.6 Å². The number of fused-ring (bicyclic) bond motifs is 4. The lowest BCUT2D eigenvalue weighted by molar-refractivity contribution is -0.118. The molecule has 0 saturated heterocycles. The fourth-order valence-electron chi connectivity index (χ4n) is 4.15. The van der Waals surface area contributed by atoms with E-state index in [0.29, 0.717) is 10.9 Å². The van der Waals surface area contributed by atoms with Crippen molar-refractivity contribution in [3.05, 3.63) is 71.2 Å². The van der Waals surface area contributed by atoms with Gasteiger partial charge in [-0.15, -0.1) is 0 Å². The molecule has 1 amide bonds. The Morgan fingerprint density at radius 2 is 1.79 bits per heavy atom. The number of carbonyl (C=O) groups excluding carboxylic acids is 4. The van der Waals surface area contributed by atoms with E-state index in [9.17, 15) is 23.7 Å². The van der Waals surface area contributed by atoms with Crippen LogP contribution < -0.4 is 5.32 Å². The minimum atomic E-state index is -4.73. The maximum Gasteiger partial charge on any atom is 0.469 e. The minimum absolute atomic E-state index is 0.0476. The van der Waals surface area contributed by atoms with Crippen LogP contribution in [0.3, 0.4) is 0 Å². The molecule has 1 aromatic carbocycles. The lowest BCUT2D eigenvalue weighted by atomic mass is 9.96. The molecular weight excluding hydrogens is 531 g/mol. The molecule has 0 spiro atoms. The number of ketones is 2. The van der Waals surface area contributed by atoms with Crippen molar-refractivity contribution < 1.29 is 42.8 Å². The summed E-state index contributed by atoms with van der Waals surface area (Å²) in [7, 11) is -4.73. The average Bonchev–Trinajstić information content (AvgIpc) is 3.26. The number of H-pyrrole nitrogens is 1. The lowest BCUT2D eigenvalue weighted by Crippen LogP contribution is -2.30. The second-order valence-electron chi connectivity index (χ2n) is 8.43. The molecule has 4 N–H and O–H groups in total. The van der Waals surface area contributed by atoms with Crippen molar-refractivity contribution in [3.8, 4) is 11.4 Å². The number of ether oxygens (including phenoxy) is 1. The zero-order chi connectivity index (χ0) is 27.9. The van der Waals surface area contributed by atoms with Crippen LogP contribution in [0, 0.1) is 0 Å². The molecule has 198 valence electrons. The monoisotopic (exact) mass is 550 g/mol. The van der Waals surface area contributed by atoms with Crippen molar-refractivity contribution >= 4 is 53.1 Å². The van der Waals surface area contributed by atoms with Gasteiger partial charge >= 0.3 is 13.8 Å². The molecule has 0 fully saturated rings. The Labute approximate surface area is 219 Å². The number of carbonyl (C=O) groups is 4. The van der Waals surface area contributed by atoms with E-state index in [4.69, 9.17) is 14.5 Å². The number of Topliss-reactive ketones (excluding diaryl/α,β-unsaturated/α-hetero) is 1. The van der Waals surface area contributed by atoms with Crippen molar-refractivity contribution in [2.45, 2.75) is 6.92 Å². The molecule has 4 aromatic rings. The number of phosphoric ester groups is 1. The van der Waals surface area contributed by atoms with Gasteiger partial charge in [0.25, 0.3) is 0 Å². The van der Waals surface area contributed by atoms with Gasteiger partial charge in [0.05, 0.1) is 29.1 Å². The van der Waals surface area contributed by atoms with Gasteiger partial charge in [-0.25, -0.2) is 19.3 Å². The highest BCUT2D eigenvalue weighted by atomic mass is 31.2. The molecule has 0 unspecified atom stereocenters. The van der Waals surface area contributed by atoms with E-state index in [1.165, 1.54) is 25.1 Å². The Balaban J connectivity index is 1.59. The van der Waals surface area contributed by atoms with Crippen LogP contribution in [-0.4, -0.2) is 61.4 Å². The van der Waals surface area contributed by atoms with Crippen LogP contribution in [0.2, 0.25) is 0 Å². The maximum atomic E-state index is 13.0. The molecule has 1 aliphatic rings. The standard InChI is InChI=1S/C25H19N4O9P/c1-12(30)26-18-11-20(31)14-6-7-17(28-22(14)24(18)32)23-21-15(13-4-2-3-5-16(13)27-21)10-19(29-23)25(33)37-8-9-38-39(34,35)36/h2-7,10-11,27H,8-9H2,1H3,(H,26,30)(H2,34,35,36). The number of phosphoric acid groups is 1. The third-order valence-electron chi connectivity index (χ3n) is 5.73. The summed E-state index contributed by atoms with van der Waals surface area (Å²) in [4.78, 5) is 79.5. The van der Waals surface area contributed by atoms with Crippen molar-refractivity contribution in [1.29, 1.82) is 0 Å². The van der Waals surface area contributed by atoms with Crippen LogP contribution in [0.25, 0.3) is 33.2 Å². The molecule has 13 nitrogen and oxygen atoms in total. The van der Waals surface area contributed by atoms with Gasteiger partial charge in [-0.1, -0.05) is 18.2 Å². The van der Waals surface area contributed by atoms with Gasteiger partial charge in [0.2, 0.25) is 11.7 Å². The first kappa shape index (κ1) is 26.1. The number of amides is 1.